The van der Waals surface area contributed by atoms with Crippen LogP contribution in [0.15, 0.2) is 48.5 Å². The van der Waals surface area contributed by atoms with Gasteiger partial charge in [0.15, 0.2) is 0 Å². The summed E-state index contributed by atoms with van der Waals surface area (Å²) in [4.78, 5) is 49.7. The van der Waals surface area contributed by atoms with Crippen LogP contribution in [0.1, 0.15) is 33.2 Å². The second kappa shape index (κ2) is 8.34. The van der Waals surface area contributed by atoms with E-state index in [2.05, 4.69) is 10.9 Å². The van der Waals surface area contributed by atoms with E-state index in [1.165, 1.54) is 0 Å². The van der Waals surface area contributed by atoms with E-state index in [0.29, 0.717) is 29.0 Å². The number of carbonyl (C=O) groups is 4. The van der Waals surface area contributed by atoms with E-state index in [1.54, 1.807) is 48.5 Å². The van der Waals surface area contributed by atoms with Crippen molar-refractivity contribution < 1.29 is 23.9 Å². The zero-order chi connectivity index (χ0) is 20.1. The molecular weight excluding hydrogens is 362 g/mol. The third kappa shape index (κ3) is 4.17. The van der Waals surface area contributed by atoms with Gasteiger partial charge in [0.05, 0.1) is 13.0 Å². The van der Waals surface area contributed by atoms with Crippen molar-refractivity contribution in [2.45, 2.75) is 13.3 Å². The van der Waals surface area contributed by atoms with Gasteiger partial charge < -0.3 is 4.74 Å². The number of amides is 4. The third-order valence-electron chi connectivity index (χ3n) is 4.18. The maximum absolute atomic E-state index is 12.4. The molecule has 0 saturated carbocycles. The molecular formula is C20H19N3O5. The highest BCUT2D eigenvalue weighted by molar-refractivity contribution is 6.11. The first-order valence-electron chi connectivity index (χ1n) is 8.74. The fourth-order valence-corrected chi connectivity index (χ4v) is 2.81. The van der Waals surface area contributed by atoms with E-state index in [0.717, 1.165) is 4.90 Å². The van der Waals surface area contributed by atoms with Gasteiger partial charge in [-0.25, -0.2) is 0 Å². The summed E-state index contributed by atoms with van der Waals surface area (Å²) in [7, 11) is 0. The quantitative estimate of drug-likeness (QED) is 0.596. The van der Waals surface area contributed by atoms with Gasteiger partial charge in [0.1, 0.15) is 12.3 Å². The molecule has 1 aliphatic heterocycles. The van der Waals surface area contributed by atoms with E-state index in [-0.39, 0.29) is 6.42 Å². The molecule has 0 aromatic heterocycles. The summed E-state index contributed by atoms with van der Waals surface area (Å²) >= 11 is 0. The first kappa shape index (κ1) is 19.1. The first-order chi connectivity index (χ1) is 13.5. The number of nitrogens with zero attached hydrogens (tertiary/aromatic N) is 1. The maximum atomic E-state index is 12.4. The second-order valence-electron chi connectivity index (χ2n) is 6.08. The lowest BCUT2D eigenvalue weighted by Gasteiger charge is -2.26. The minimum absolute atomic E-state index is 0.0493. The fourth-order valence-electron chi connectivity index (χ4n) is 2.81. The molecule has 0 aliphatic carbocycles. The molecule has 2 N–H and O–H groups in total. The number of hydrogen-bond acceptors (Lipinski definition) is 5. The second-order valence-corrected chi connectivity index (χ2v) is 6.08. The summed E-state index contributed by atoms with van der Waals surface area (Å²) in [5, 5.41) is 0. The number of carbonyl (C=O) groups excluding carboxylic acids is 4. The number of imide groups is 1. The van der Waals surface area contributed by atoms with Crippen LogP contribution in [-0.4, -0.2) is 41.7 Å². The molecule has 0 bridgehead atoms. The van der Waals surface area contributed by atoms with Crippen molar-refractivity contribution in [3.63, 3.8) is 0 Å². The van der Waals surface area contributed by atoms with E-state index in [9.17, 15) is 19.2 Å². The molecule has 1 heterocycles. The molecule has 0 unspecified atom stereocenters. The Labute approximate surface area is 161 Å². The minimum atomic E-state index is -0.680. The maximum Gasteiger partial charge on any atom is 0.269 e. The highest BCUT2D eigenvalue weighted by atomic mass is 16.5. The number of benzene rings is 2. The molecule has 0 radical (unpaired) electrons. The van der Waals surface area contributed by atoms with Crippen LogP contribution >= 0.6 is 0 Å². The third-order valence-corrected chi connectivity index (χ3v) is 4.18. The highest BCUT2D eigenvalue weighted by Crippen LogP contribution is 2.19. The van der Waals surface area contributed by atoms with Gasteiger partial charge >= 0.3 is 0 Å². The van der Waals surface area contributed by atoms with Gasteiger partial charge in [-0.15, -0.1) is 0 Å². The number of hydrazine groups is 1. The standard InChI is InChI=1S/C20H19N3O5/c1-2-28-15-9-7-13(8-10-15)19(26)22-21-17(24)12-23-18(25)11-14-5-3-4-6-16(14)20(23)27/h3-10H,2,11-12H2,1H3,(H,21,24)(H,22,26). The number of ether oxygens (including phenoxy) is 1. The monoisotopic (exact) mass is 381 g/mol. The molecule has 0 fully saturated rings. The lowest BCUT2D eigenvalue weighted by Crippen LogP contribution is -2.51. The minimum Gasteiger partial charge on any atom is -0.494 e. The van der Waals surface area contributed by atoms with Gasteiger partial charge in [0.2, 0.25) is 5.91 Å². The van der Waals surface area contributed by atoms with E-state index < -0.39 is 30.2 Å². The lowest BCUT2D eigenvalue weighted by atomic mass is 9.98. The van der Waals surface area contributed by atoms with Crippen LogP contribution in [0.2, 0.25) is 0 Å². The molecule has 3 rings (SSSR count). The van der Waals surface area contributed by atoms with Crippen LogP contribution in [-0.2, 0) is 16.0 Å². The molecule has 4 amide bonds. The number of nitrogens with one attached hydrogen (secondary N) is 2. The van der Waals surface area contributed by atoms with Crippen molar-refractivity contribution in [3.05, 3.63) is 65.2 Å². The normalized spacial score (nSPS) is 13.0. The average Bonchev–Trinajstić information content (AvgIpc) is 2.70. The van der Waals surface area contributed by atoms with Gasteiger partial charge in [-0.2, -0.15) is 0 Å². The molecule has 144 valence electrons. The number of fused-ring (bicyclic) bond motifs is 1. The van der Waals surface area contributed by atoms with E-state index >= 15 is 0 Å². The van der Waals surface area contributed by atoms with Crippen molar-refractivity contribution >= 4 is 23.6 Å². The van der Waals surface area contributed by atoms with Gasteiger partial charge in [-0.05, 0) is 42.8 Å². The smallest absolute Gasteiger partial charge is 0.269 e. The topological polar surface area (TPSA) is 105 Å². The summed E-state index contributed by atoms with van der Waals surface area (Å²) in [6.07, 6.45) is 0.0493. The van der Waals surface area contributed by atoms with E-state index in [1.807, 2.05) is 6.92 Å². The summed E-state index contributed by atoms with van der Waals surface area (Å²) in [5.41, 5.74) is 5.83. The Morgan fingerprint density at radius 1 is 1.04 bits per heavy atom. The predicted octanol–water partition coefficient (Wildman–Crippen LogP) is 1.07. The SMILES string of the molecule is CCOc1ccc(C(=O)NNC(=O)CN2C(=O)Cc3ccccc3C2=O)cc1. The zero-order valence-corrected chi connectivity index (χ0v) is 15.2. The Kier molecular flexibility index (Phi) is 5.69. The first-order valence-corrected chi connectivity index (χ1v) is 8.74. The van der Waals surface area contributed by atoms with Crippen molar-refractivity contribution in [2.75, 3.05) is 13.2 Å². The van der Waals surface area contributed by atoms with E-state index in [4.69, 9.17) is 4.74 Å². The molecule has 1 aliphatic rings. The predicted molar refractivity (Wildman–Crippen MR) is 99.4 cm³/mol. The number of hydrogen-bond donors (Lipinski definition) is 2. The molecule has 0 atom stereocenters. The summed E-state index contributed by atoms with van der Waals surface area (Å²) in [6.45, 7) is 1.89. The van der Waals surface area contributed by atoms with Crippen LogP contribution in [0.3, 0.4) is 0 Å². The molecule has 0 spiro atoms. The Bertz CT molecular complexity index is 924. The Morgan fingerprint density at radius 2 is 1.75 bits per heavy atom. The largest absolute Gasteiger partial charge is 0.494 e. The van der Waals surface area contributed by atoms with Gasteiger partial charge in [0, 0.05) is 11.1 Å². The fraction of sp³-hybridized carbons (Fsp3) is 0.200. The number of rotatable bonds is 5. The summed E-state index contributed by atoms with van der Waals surface area (Å²) in [5.74, 6) is -1.57. The Hall–Kier alpha value is -3.68. The average molecular weight is 381 g/mol. The molecule has 2 aromatic rings. The summed E-state index contributed by atoms with van der Waals surface area (Å²) in [6, 6.07) is 13.2. The Balaban J connectivity index is 1.56. The van der Waals surface area contributed by atoms with Crippen LogP contribution in [0.25, 0.3) is 0 Å². The van der Waals surface area contributed by atoms with Crippen molar-refractivity contribution in [1.82, 2.24) is 15.8 Å². The van der Waals surface area contributed by atoms with Gasteiger partial charge in [-0.3, -0.25) is 34.9 Å². The van der Waals surface area contributed by atoms with Crippen molar-refractivity contribution in [1.29, 1.82) is 0 Å². The Morgan fingerprint density at radius 3 is 2.46 bits per heavy atom. The van der Waals surface area contributed by atoms with Gasteiger partial charge in [0.25, 0.3) is 17.7 Å². The lowest BCUT2D eigenvalue weighted by molar-refractivity contribution is -0.133. The molecule has 8 nitrogen and oxygen atoms in total. The molecule has 0 saturated heterocycles. The van der Waals surface area contributed by atoms with Crippen LogP contribution in [0.4, 0.5) is 0 Å². The molecule has 28 heavy (non-hydrogen) atoms. The van der Waals surface area contributed by atoms with Crippen LogP contribution in [0, 0.1) is 0 Å². The summed E-state index contributed by atoms with van der Waals surface area (Å²) < 4.78 is 5.30. The molecule has 8 heteroatoms. The zero-order valence-electron chi connectivity index (χ0n) is 15.2. The van der Waals surface area contributed by atoms with Crippen molar-refractivity contribution in [3.8, 4) is 5.75 Å². The van der Waals surface area contributed by atoms with Crippen LogP contribution in [0.5, 0.6) is 5.75 Å². The highest BCUT2D eigenvalue weighted by Gasteiger charge is 2.31. The van der Waals surface area contributed by atoms with Crippen molar-refractivity contribution in [2.24, 2.45) is 0 Å². The molecule has 2 aromatic carbocycles. The van der Waals surface area contributed by atoms with Gasteiger partial charge in [-0.1, -0.05) is 18.2 Å². The van der Waals surface area contributed by atoms with Crippen LogP contribution < -0.4 is 15.6 Å².